The molecule has 10 nitrogen and oxygen atoms in total. The number of ether oxygens (including phenoxy) is 3. The maximum absolute atomic E-state index is 11.5. The second-order valence-electron chi connectivity index (χ2n) is 4.99. The van der Waals surface area contributed by atoms with Gasteiger partial charge in [0.05, 0.1) is 44.1 Å². The number of esters is 1. The fraction of sp³-hybridized carbons (Fsp3) is 0.312. The lowest BCUT2D eigenvalue weighted by molar-refractivity contribution is -0.385. The normalized spacial score (nSPS) is 10.6. The van der Waals surface area contributed by atoms with Crippen LogP contribution < -0.4 is 14.9 Å². The Hall–Kier alpha value is -3.21. The number of carbonyl (C=O) groups excluding carboxylic acids is 1. The van der Waals surface area contributed by atoms with Gasteiger partial charge in [-0.05, 0) is 19.1 Å². The Morgan fingerprint density at radius 3 is 2.70 bits per heavy atom. The summed E-state index contributed by atoms with van der Waals surface area (Å²) in [5.74, 6) is -0.00185. The van der Waals surface area contributed by atoms with Crippen molar-refractivity contribution < 1.29 is 23.9 Å². The van der Waals surface area contributed by atoms with Gasteiger partial charge < -0.3 is 14.2 Å². The molecular weight excluding hydrogens is 376 g/mol. The van der Waals surface area contributed by atoms with Crippen LogP contribution in [0.25, 0.3) is 0 Å². The van der Waals surface area contributed by atoms with E-state index in [4.69, 9.17) is 14.2 Å². The number of anilines is 1. The van der Waals surface area contributed by atoms with Gasteiger partial charge >= 0.3 is 11.7 Å². The number of carbonyl (C=O) groups is 1. The summed E-state index contributed by atoms with van der Waals surface area (Å²) in [6, 6.07) is 3.00. The number of nitro benzene ring substituents is 1. The number of hydrazone groups is 1. The summed E-state index contributed by atoms with van der Waals surface area (Å²) in [6.07, 6.45) is 1.32. The standard InChI is InChI=1S/C16H18N4O6S/c1-4-26-14(21)7-10-9-27-16(18-10)19-17-8-11-12(24-2)5-6-13(25-3)15(11)20(22)23/h5-6,8-9H,4,7H2,1-3H3,(H,18,19). The van der Waals surface area contributed by atoms with E-state index in [1.807, 2.05) is 0 Å². The molecule has 144 valence electrons. The van der Waals surface area contributed by atoms with Crippen molar-refractivity contribution in [2.75, 3.05) is 26.3 Å². The van der Waals surface area contributed by atoms with Crippen LogP contribution >= 0.6 is 11.3 Å². The van der Waals surface area contributed by atoms with Crippen LogP contribution in [0.2, 0.25) is 0 Å². The second-order valence-corrected chi connectivity index (χ2v) is 5.84. The van der Waals surface area contributed by atoms with Crippen molar-refractivity contribution in [2.45, 2.75) is 13.3 Å². The molecule has 0 atom stereocenters. The molecule has 1 aromatic heterocycles. The van der Waals surface area contributed by atoms with Crippen LogP contribution in [-0.4, -0.2) is 42.9 Å². The summed E-state index contributed by atoms with van der Waals surface area (Å²) >= 11 is 1.24. The van der Waals surface area contributed by atoms with Crippen LogP contribution in [0.5, 0.6) is 11.5 Å². The third kappa shape index (κ3) is 5.14. The average Bonchev–Trinajstić information content (AvgIpc) is 3.08. The van der Waals surface area contributed by atoms with Crippen molar-refractivity contribution in [3.63, 3.8) is 0 Å². The van der Waals surface area contributed by atoms with Crippen molar-refractivity contribution in [2.24, 2.45) is 5.10 Å². The van der Waals surface area contributed by atoms with Gasteiger partial charge in [-0.25, -0.2) is 4.98 Å². The smallest absolute Gasteiger partial charge is 0.323 e. The number of rotatable bonds is 9. The predicted octanol–water partition coefficient (Wildman–Crippen LogP) is 2.62. The topological polar surface area (TPSA) is 125 Å². The quantitative estimate of drug-likeness (QED) is 0.298. The zero-order chi connectivity index (χ0) is 19.8. The molecule has 0 saturated carbocycles. The van der Waals surface area contributed by atoms with E-state index < -0.39 is 4.92 Å². The molecule has 0 amide bonds. The van der Waals surface area contributed by atoms with E-state index in [0.717, 1.165) is 0 Å². The summed E-state index contributed by atoms with van der Waals surface area (Å²) in [7, 11) is 2.74. The molecule has 1 N–H and O–H groups in total. The lowest BCUT2D eigenvalue weighted by Gasteiger charge is -2.08. The van der Waals surface area contributed by atoms with Gasteiger partial charge in [-0.3, -0.25) is 20.3 Å². The van der Waals surface area contributed by atoms with Crippen molar-refractivity contribution in [3.05, 3.63) is 38.9 Å². The largest absolute Gasteiger partial charge is 0.496 e. The molecular formula is C16H18N4O6S. The lowest BCUT2D eigenvalue weighted by Crippen LogP contribution is -2.07. The van der Waals surface area contributed by atoms with Gasteiger partial charge in [0.2, 0.25) is 5.13 Å². The Balaban J connectivity index is 2.18. The fourth-order valence-corrected chi connectivity index (χ4v) is 2.84. The summed E-state index contributed by atoms with van der Waals surface area (Å²) in [6.45, 7) is 2.03. The average molecular weight is 394 g/mol. The monoisotopic (exact) mass is 394 g/mol. The van der Waals surface area contributed by atoms with Gasteiger partial charge in [0.25, 0.3) is 0 Å². The first-order valence-electron chi connectivity index (χ1n) is 7.78. The molecule has 0 fully saturated rings. The molecule has 0 unspecified atom stereocenters. The number of hydrogen-bond donors (Lipinski definition) is 1. The van der Waals surface area contributed by atoms with Crippen LogP contribution in [0.15, 0.2) is 22.6 Å². The van der Waals surface area contributed by atoms with E-state index in [1.54, 1.807) is 18.4 Å². The second kappa shape index (κ2) is 9.48. The first-order chi connectivity index (χ1) is 13.0. The highest BCUT2D eigenvalue weighted by Gasteiger charge is 2.23. The first kappa shape index (κ1) is 20.1. The molecule has 0 spiro atoms. The van der Waals surface area contributed by atoms with Crippen LogP contribution in [0.3, 0.4) is 0 Å². The SMILES string of the molecule is CCOC(=O)Cc1csc(NN=Cc2c(OC)ccc(OC)c2[N+](=O)[O-])n1. The van der Waals surface area contributed by atoms with Crippen molar-refractivity contribution >= 4 is 34.3 Å². The highest BCUT2D eigenvalue weighted by molar-refractivity contribution is 7.13. The fourth-order valence-electron chi connectivity index (χ4n) is 2.18. The van der Waals surface area contributed by atoms with Gasteiger partial charge in [-0.1, -0.05) is 0 Å². The number of benzene rings is 1. The van der Waals surface area contributed by atoms with Crippen molar-refractivity contribution in [1.29, 1.82) is 0 Å². The van der Waals surface area contributed by atoms with Crippen LogP contribution in [0.1, 0.15) is 18.2 Å². The Kier molecular flexibility index (Phi) is 7.06. The molecule has 0 aliphatic heterocycles. The number of nitrogens with zero attached hydrogens (tertiary/aromatic N) is 3. The molecule has 2 aromatic rings. The molecule has 0 saturated heterocycles. The predicted molar refractivity (Wildman–Crippen MR) is 99.9 cm³/mol. The molecule has 27 heavy (non-hydrogen) atoms. The Labute approximate surface area is 158 Å². The third-order valence-corrected chi connectivity index (χ3v) is 4.09. The number of nitrogens with one attached hydrogen (secondary N) is 1. The van der Waals surface area contributed by atoms with Gasteiger partial charge in [-0.15, -0.1) is 11.3 Å². The zero-order valence-electron chi connectivity index (χ0n) is 14.9. The number of hydrogen-bond acceptors (Lipinski definition) is 10. The van der Waals surface area contributed by atoms with E-state index in [0.29, 0.717) is 17.4 Å². The van der Waals surface area contributed by atoms with Crippen LogP contribution in [0, 0.1) is 10.1 Å². The summed E-state index contributed by atoms with van der Waals surface area (Å²) in [4.78, 5) is 26.5. The number of methoxy groups -OCH3 is 2. The van der Waals surface area contributed by atoms with Gasteiger partial charge in [-0.2, -0.15) is 5.10 Å². The minimum absolute atomic E-state index is 0.0604. The van der Waals surface area contributed by atoms with E-state index in [1.165, 1.54) is 37.8 Å². The maximum atomic E-state index is 11.5. The van der Waals surface area contributed by atoms with E-state index in [9.17, 15) is 14.9 Å². The molecule has 0 aliphatic carbocycles. The minimum Gasteiger partial charge on any atom is -0.496 e. The number of nitro groups is 1. The highest BCUT2D eigenvalue weighted by Crippen LogP contribution is 2.35. The Bertz CT molecular complexity index is 851. The molecule has 1 aromatic carbocycles. The molecule has 2 rings (SSSR count). The van der Waals surface area contributed by atoms with Gasteiger partial charge in [0, 0.05) is 5.38 Å². The minimum atomic E-state index is -0.566. The van der Waals surface area contributed by atoms with E-state index in [2.05, 4.69) is 15.5 Å². The van der Waals surface area contributed by atoms with Gasteiger partial charge in [0.1, 0.15) is 11.3 Å². The Morgan fingerprint density at radius 1 is 1.37 bits per heavy atom. The van der Waals surface area contributed by atoms with Crippen LogP contribution in [0.4, 0.5) is 10.8 Å². The van der Waals surface area contributed by atoms with E-state index in [-0.39, 0.29) is 35.1 Å². The number of aromatic nitrogens is 1. The summed E-state index contributed by atoms with van der Waals surface area (Å²) in [5, 5.41) is 17.5. The summed E-state index contributed by atoms with van der Waals surface area (Å²) in [5.41, 5.74) is 3.11. The molecule has 11 heteroatoms. The van der Waals surface area contributed by atoms with Crippen molar-refractivity contribution in [3.8, 4) is 11.5 Å². The third-order valence-electron chi connectivity index (χ3n) is 3.30. The highest BCUT2D eigenvalue weighted by atomic mass is 32.1. The van der Waals surface area contributed by atoms with E-state index >= 15 is 0 Å². The van der Waals surface area contributed by atoms with Crippen LogP contribution in [-0.2, 0) is 16.0 Å². The molecule has 0 aliphatic rings. The maximum Gasteiger partial charge on any atom is 0.323 e. The molecule has 1 heterocycles. The molecule has 0 bridgehead atoms. The lowest BCUT2D eigenvalue weighted by atomic mass is 10.1. The number of thiazole rings is 1. The summed E-state index contributed by atoms with van der Waals surface area (Å²) < 4.78 is 15.1. The molecule has 0 radical (unpaired) electrons. The first-order valence-corrected chi connectivity index (χ1v) is 8.66. The van der Waals surface area contributed by atoms with Crippen molar-refractivity contribution in [1.82, 2.24) is 4.98 Å². The van der Waals surface area contributed by atoms with Gasteiger partial charge in [0.15, 0.2) is 5.75 Å². The Morgan fingerprint density at radius 2 is 2.07 bits per heavy atom. The zero-order valence-corrected chi connectivity index (χ0v) is 15.7.